The first-order chi connectivity index (χ1) is 5.68. The third-order valence-corrected chi connectivity index (χ3v) is 28.3. The van der Waals surface area contributed by atoms with Crippen molar-refractivity contribution in [3.05, 3.63) is 0 Å². The van der Waals surface area contributed by atoms with Crippen LogP contribution in [0.3, 0.4) is 0 Å². The number of rotatable bonds is 3. The van der Waals surface area contributed by atoms with E-state index in [-0.39, 0.29) is 0 Å². The van der Waals surface area contributed by atoms with Gasteiger partial charge in [0.1, 0.15) is 0 Å². The van der Waals surface area contributed by atoms with E-state index in [9.17, 15) is 9.59 Å². The normalized spacial score (nSPS) is 14.1. The summed E-state index contributed by atoms with van der Waals surface area (Å²) in [7, 11) is 5.49. The molecule has 0 unspecified atom stereocenters. The Morgan fingerprint density at radius 2 is 1.54 bits per heavy atom. The summed E-state index contributed by atoms with van der Waals surface area (Å²) in [6.07, 6.45) is 1.72. The quantitative estimate of drug-likeness (QED) is 0.664. The van der Waals surface area contributed by atoms with Gasteiger partial charge in [-0.1, -0.05) is 0 Å². The fourth-order valence-electron chi connectivity index (χ4n) is 0.755. The molecule has 0 saturated carbocycles. The molecule has 0 aromatic heterocycles. The van der Waals surface area contributed by atoms with E-state index >= 15 is 0 Å². The maximum atomic E-state index is 10.8. The van der Waals surface area contributed by atoms with E-state index in [1.807, 2.05) is 0 Å². The first-order valence-electron chi connectivity index (χ1n) is 3.56. The second-order valence-corrected chi connectivity index (χ2v) is 42.6. The van der Waals surface area contributed by atoms with E-state index in [1.165, 1.54) is 21.4 Å². The minimum absolute atomic E-state index is 0.466. The van der Waals surface area contributed by atoms with Crippen molar-refractivity contribution >= 4 is 28.0 Å². The Morgan fingerprint density at radius 1 is 1.23 bits per heavy atom. The number of carbonyl (C=O) groups excluding carboxylic acids is 2. The van der Waals surface area contributed by atoms with Gasteiger partial charge in [0, 0.05) is 0 Å². The average Bonchev–Trinajstić information content (AvgIpc) is 1.82. The van der Waals surface area contributed by atoms with Gasteiger partial charge in [0.05, 0.1) is 0 Å². The standard InChI is InChI=1S/2C2H4O2.CH4S.CH3.H2S.U/c2*1-2(3)4;1-2;;;/h2*1H3,(H,3,4);2H,1H3;1H3;1H2;/q;;;;;+4/p-4. The number of hydrogen-bond donors (Lipinski definition) is 1. The molecule has 0 bridgehead atoms. The second-order valence-electron chi connectivity index (χ2n) is 2.75. The summed E-state index contributed by atoms with van der Waals surface area (Å²) in [5.41, 5.74) is 0. The van der Waals surface area contributed by atoms with Gasteiger partial charge in [-0.15, -0.1) is 0 Å². The number of hydrogen-bond acceptors (Lipinski definition) is 6. The first-order valence-corrected chi connectivity index (χ1v) is 23.5. The van der Waals surface area contributed by atoms with E-state index in [1.54, 1.807) is 10.2 Å². The summed E-state index contributed by atoms with van der Waals surface area (Å²) < 4.78 is 11.7. The summed E-state index contributed by atoms with van der Waals surface area (Å²) >= 11 is -4.48. The molecule has 0 saturated heterocycles. The van der Waals surface area contributed by atoms with Gasteiger partial charge in [-0.05, 0) is 0 Å². The van der Waals surface area contributed by atoms with Crippen molar-refractivity contribution in [2.75, 3.05) is 6.26 Å². The molecule has 77 valence electrons. The zero-order valence-electron chi connectivity index (χ0n) is 7.99. The summed E-state index contributed by atoms with van der Waals surface area (Å²) in [5, 5.41) is 0. The third-order valence-electron chi connectivity index (χ3n) is 1.21. The van der Waals surface area contributed by atoms with E-state index in [0.717, 1.165) is 0 Å². The maximum absolute atomic E-state index is 10.8. The molecule has 0 aromatic rings. The van der Waals surface area contributed by atoms with E-state index in [4.69, 9.17) is 4.48 Å². The van der Waals surface area contributed by atoms with E-state index in [2.05, 4.69) is 8.45 Å². The Balaban J connectivity index is 4.73. The molecule has 0 aliphatic carbocycles. The van der Waals surface area contributed by atoms with Crippen LogP contribution in [0.15, 0.2) is 0 Å². The molecule has 0 aliphatic heterocycles. The molecule has 0 rings (SSSR count). The summed E-state index contributed by atoms with van der Waals surface area (Å²) in [6, 6.07) is 0. The Morgan fingerprint density at radius 3 is 1.69 bits per heavy atom. The van der Waals surface area contributed by atoms with Gasteiger partial charge in [0.15, 0.2) is 0 Å². The van der Waals surface area contributed by atoms with Crippen molar-refractivity contribution < 1.29 is 34.5 Å². The van der Waals surface area contributed by atoms with Gasteiger partial charge in [0.2, 0.25) is 0 Å². The van der Waals surface area contributed by atoms with Crippen molar-refractivity contribution in [2.24, 2.45) is 0 Å². The first kappa shape index (κ1) is 13.7. The monoisotopic (exact) mass is 451 g/mol. The van der Waals surface area contributed by atoms with Crippen LogP contribution in [-0.2, 0) is 14.1 Å². The van der Waals surface area contributed by atoms with Crippen LogP contribution in [0, 0.1) is 20.4 Å². The Bertz CT molecular complexity index is 221. The van der Waals surface area contributed by atoms with Gasteiger partial charge in [-0.2, -0.15) is 0 Å². The van der Waals surface area contributed by atoms with Crippen molar-refractivity contribution in [1.82, 2.24) is 0 Å². The Hall–Kier alpha value is 0.692. The van der Waals surface area contributed by atoms with Crippen LogP contribution in [-0.4, -0.2) is 18.2 Å². The summed E-state index contributed by atoms with van der Waals surface area (Å²) in [4.78, 5) is 21.6. The van der Waals surface area contributed by atoms with Crippen LogP contribution >= 0.6 is 16.0 Å². The second kappa shape index (κ2) is 4.47. The average molecular weight is 451 g/mol. The van der Waals surface area contributed by atoms with Gasteiger partial charge in [-0.25, -0.2) is 0 Å². The molecule has 0 amide bonds. The third kappa shape index (κ3) is 5.21. The van der Waals surface area contributed by atoms with Crippen molar-refractivity contribution in [1.29, 1.82) is 0 Å². The minimum atomic E-state index is -4.48. The molecule has 0 spiro atoms. The van der Waals surface area contributed by atoms with Crippen molar-refractivity contribution in [3.8, 4) is 0 Å². The molecule has 0 atom stereocenters. The van der Waals surface area contributed by atoms with Crippen LogP contribution < -0.4 is 0 Å². The molecule has 0 aromatic carbocycles. The van der Waals surface area contributed by atoms with Crippen LogP contribution in [0.1, 0.15) is 13.8 Å². The molecular weight excluding hydrogens is 438 g/mol. The van der Waals surface area contributed by atoms with E-state index < -0.39 is 32.3 Å². The SMILES string of the molecule is C[S][U]([CH3])([SH])([O]C(C)=O)[O]C(C)=O. The van der Waals surface area contributed by atoms with Crippen LogP contribution in [0.25, 0.3) is 0 Å². The van der Waals surface area contributed by atoms with Crippen LogP contribution in [0.2, 0.25) is 3.96 Å². The van der Waals surface area contributed by atoms with Gasteiger partial charge in [0.25, 0.3) is 0 Å². The van der Waals surface area contributed by atoms with Crippen LogP contribution in [0.4, 0.5) is 0 Å². The Labute approximate surface area is 85.7 Å². The summed E-state index contributed by atoms with van der Waals surface area (Å²) in [6.45, 7) is 2.55. The molecule has 0 N–H and O–H groups in total. The molecule has 0 aliphatic rings. The van der Waals surface area contributed by atoms with Gasteiger partial charge >= 0.3 is 86.5 Å². The molecule has 0 radical (unpaired) electrons. The predicted octanol–water partition coefficient (Wildman–Crippen LogP) is 1.81. The Kier molecular flexibility index (Phi) is 4.71. The molecule has 4 nitrogen and oxygen atoms in total. The molecule has 13 heavy (non-hydrogen) atoms. The molecule has 0 heterocycles. The van der Waals surface area contributed by atoms with Gasteiger partial charge < -0.3 is 0 Å². The van der Waals surface area contributed by atoms with E-state index in [0.29, 0.717) is 0 Å². The fourth-order valence-corrected chi connectivity index (χ4v) is 13.2. The fraction of sp³-hybridized carbons (Fsp3) is 0.667. The predicted molar refractivity (Wildman–Crippen MR) is 51.9 cm³/mol. The van der Waals surface area contributed by atoms with Gasteiger partial charge in [-0.3, -0.25) is 0 Å². The summed E-state index contributed by atoms with van der Waals surface area (Å²) in [5.74, 6) is -0.933. The topological polar surface area (TPSA) is 52.6 Å². The molecule has 7 heteroatoms. The van der Waals surface area contributed by atoms with Crippen molar-refractivity contribution in [2.45, 2.75) is 17.8 Å². The van der Waals surface area contributed by atoms with Crippen LogP contribution in [0.5, 0.6) is 0 Å². The zero-order chi connectivity index (χ0) is 10.7. The molecule has 0 fully saturated rings. The zero-order valence-corrected chi connectivity index (χ0v) is 13.9. The number of carbonyl (C=O) groups is 2. The number of thiol groups is 1. The van der Waals surface area contributed by atoms with Crippen molar-refractivity contribution in [3.63, 3.8) is 0 Å². The molecular formula is C6H13O4S2U.